The summed E-state index contributed by atoms with van der Waals surface area (Å²) in [4.78, 5) is 0. The summed E-state index contributed by atoms with van der Waals surface area (Å²) >= 11 is 1.96. The first kappa shape index (κ1) is 14.3. The van der Waals surface area contributed by atoms with Gasteiger partial charge < -0.3 is 10.4 Å². The molecule has 14 heavy (non-hydrogen) atoms. The van der Waals surface area contributed by atoms with Gasteiger partial charge >= 0.3 is 0 Å². The van der Waals surface area contributed by atoms with Gasteiger partial charge in [-0.1, -0.05) is 6.92 Å². The van der Waals surface area contributed by atoms with Gasteiger partial charge in [0.25, 0.3) is 0 Å². The Kier molecular flexibility index (Phi) is 6.10. The van der Waals surface area contributed by atoms with Crippen molar-refractivity contribution in [2.24, 2.45) is 0 Å². The van der Waals surface area contributed by atoms with E-state index in [1.165, 1.54) is 11.5 Å². The fraction of sp³-hybridized carbons (Fsp3) is 1.00. The van der Waals surface area contributed by atoms with Crippen LogP contribution in [0.25, 0.3) is 0 Å². The molecule has 0 saturated carbocycles. The van der Waals surface area contributed by atoms with Crippen molar-refractivity contribution >= 4 is 11.8 Å². The summed E-state index contributed by atoms with van der Waals surface area (Å²) in [5.41, 5.74) is -0.894. The van der Waals surface area contributed by atoms with Gasteiger partial charge in [0.15, 0.2) is 0 Å². The Morgan fingerprint density at radius 2 is 1.79 bits per heavy atom. The van der Waals surface area contributed by atoms with Gasteiger partial charge in [-0.15, -0.1) is 0 Å². The summed E-state index contributed by atoms with van der Waals surface area (Å²) in [6, 6.07) is 0. The molecule has 0 amide bonds. The predicted molar refractivity (Wildman–Crippen MR) is 66.0 cm³/mol. The molecule has 0 aliphatic rings. The molecular weight excluding hydrogens is 194 g/mol. The summed E-state index contributed by atoms with van der Waals surface area (Å²) in [6.45, 7) is 10.9. The molecule has 0 aromatic heterocycles. The van der Waals surface area contributed by atoms with Gasteiger partial charge in [-0.25, -0.2) is 0 Å². The third kappa shape index (κ3) is 5.23. The number of nitrogens with one attached hydrogen (secondary N) is 1. The van der Waals surface area contributed by atoms with E-state index in [-0.39, 0.29) is 5.54 Å². The van der Waals surface area contributed by atoms with E-state index >= 15 is 0 Å². The molecular formula is C11H25NOS. The minimum atomic E-state index is -0.676. The second kappa shape index (κ2) is 5.99. The molecule has 2 nitrogen and oxygen atoms in total. The highest BCUT2D eigenvalue weighted by Gasteiger charge is 2.33. The molecule has 2 N–H and O–H groups in total. The number of hydrogen-bond donors (Lipinski definition) is 2. The van der Waals surface area contributed by atoms with E-state index in [4.69, 9.17) is 0 Å². The zero-order valence-electron chi connectivity index (χ0n) is 10.2. The number of thioether (sulfide) groups is 1. The Hall–Kier alpha value is 0.270. The molecule has 0 bridgehead atoms. The quantitative estimate of drug-likeness (QED) is 0.644. The Morgan fingerprint density at radius 1 is 1.21 bits per heavy atom. The first-order valence-electron chi connectivity index (χ1n) is 5.36. The Labute approximate surface area is 92.9 Å². The van der Waals surface area contributed by atoms with Crippen LogP contribution in [-0.4, -0.2) is 34.3 Å². The lowest BCUT2D eigenvalue weighted by Crippen LogP contribution is -2.56. The normalized spacial score (nSPS) is 13.3. The van der Waals surface area contributed by atoms with Crippen LogP contribution in [0.4, 0.5) is 0 Å². The second-order valence-electron chi connectivity index (χ2n) is 4.66. The average Bonchev–Trinajstić information content (AvgIpc) is 2.02. The molecule has 86 valence electrons. The Balaban J connectivity index is 3.67. The van der Waals surface area contributed by atoms with Crippen molar-refractivity contribution in [3.8, 4) is 0 Å². The van der Waals surface area contributed by atoms with Gasteiger partial charge in [-0.3, -0.25) is 0 Å². The van der Waals surface area contributed by atoms with Crippen LogP contribution in [-0.2, 0) is 0 Å². The Morgan fingerprint density at radius 3 is 2.21 bits per heavy atom. The molecule has 0 aromatic rings. The summed E-state index contributed by atoms with van der Waals surface area (Å²) in [7, 11) is 0. The fourth-order valence-electron chi connectivity index (χ4n) is 0.936. The van der Waals surface area contributed by atoms with E-state index in [1.54, 1.807) is 0 Å². The van der Waals surface area contributed by atoms with Crippen molar-refractivity contribution in [3.05, 3.63) is 0 Å². The van der Waals surface area contributed by atoms with Gasteiger partial charge in [-0.05, 0) is 52.2 Å². The maximum absolute atomic E-state index is 9.88. The smallest absolute Gasteiger partial charge is 0.0767 e. The minimum absolute atomic E-state index is 0.218. The molecule has 0 spiro atoms. The van der Waals surface area contributed by atoms with Crippen molar-refractivity contribution in [3.63, 3.8) is 0 Å². The first-order valence-corrected chi connectivity index (χ1v) is 6.52. The molecule has 0 aromatic carbocycles. The molecule has 0 atom stereocenters. The summed E-state index contributed by atoms with van der Waals surface area (Å²) in [6.07, 6.45) is 1.16. The third-order valence-corrected chi connectivity index (χ3v) is 3.75. The van der Waals surface area contributed by atoms with Crippen molar-refractivity contribution in [2.75, 3.05) is 18.1 Å². The third-order valence-electron chi connectivity index (χ3n) is 2.77. The summed E-state index contributed by atoms with van der Waals surface area (Å²) in [5, 5.41) is 13.3. The summed E-state index contributed by atoms with van der Waals surface area (Å²) in [5.74, 6) is 2.39. The van der Waals surface area contributed by atoms with Gasteiger partial charge in [0.2, 0.25) is 0 Å². The van der Waals surface area contributed by atoms with Gasteiger partial charge in [0, 0.05) is 5.54 Å². The van der Waals surface area contributed by atoms with Crippen LogP contribution in [0.2, 0.25) is 0 Å². The summed E-state index contributed by atoms with van der Waals surface area (Å²) < 4.78 is 0. The molecule has 0 saturated heterocycles. The van der Waals surface area contributed by atoms with E-state index < -0.39 is 5.60 Å². The van der Waals surface area contributed by atoms with E-state index in [1.807, 2.05) is 39.5 Å². The van der Waals surface area contributed by atoms with E-state index in [2.05, 4.69) is 12.2 Å². The van der Waals surface area contributed by atoms with Crippen molar-refractivity contribution in [2.45, 2.75) is 52.2 Å². The highest BCUT2D eigenvalue weighted by Crippen LogP contribution is 2.20. The van der Waals surface area contributed by atoms with Crippen LogP contribution >= 0.6 is 11.8 Å². The van der Waals surface area contributed by atoms with E-state index in [9.17, 15) is 5.11 Å². The largest absolute Gasteiger partial charge is 0.389 e. The molecule has 0 radical (unpaired) electrons. The molecule has 0 aliphatic carbocycles. The zero-order valence-corrected chi connectivity index (χ0v) is 11.0. The molecule has 0 unspecified atom stereocenters. The van der Waals surface area contributed by atoms with Crippen LogP contribution in [0, 0.1) is 0 Å². The van der Waals surface area contributed by atoms with Crippen molar-refractivity contribution in [1.82, 2.24) is 5.32 Å². The molecule has 0 rings (SSSR count). The molecule has 3 heteroatoms. The second-order valence-corrected chi connectivity index (χ2v) is 6.06. The highest BCUT2D eigenvalue weighted by atomic mass is 32.2. The van der Waals surface area contributed by atoms with Gasteiger partial charge in [0.05, 0.1) is 5.60 Å². The van der Waals surface area contributed by atoms with Gasteiger partial charge in [0.1, 0.15) is 0 Å². The molecule has 0 heterocycles. The fourth-order valence-corrected chi connectivity index (χ4v) is 1.57. The first-order chi connectivity index (χ1) is 6.31. The molecule has 0 fully saturated rings. The minimum Gasteiger partial charge on any atom is -0.389 e. The average molecular weight is 219 g/mol. The Bertz CT molecular complexity index is 152. The number of hydrogen-bond acceptors (Lipinski definition) is 3. The van der Waals surface area contributed by atoms with Crippen LogP contribution in [0.15, 0.2) is 0 Å². The van der Waals surface area contributed by atoms with Crippen LogP contribution < -0.4 is 5.32 Å². The maximum atomic E-state index is 9.88. The van der Waals surface area contributed by atoms with Crippen LogP contribution in [0.5, 0.6) is 0 Å². The van der Waals surface area contributed by atoms with Crippen molar-refractivity contribution < 1.29 is 5.11 Å². The standard InChI is InChI=1S/C11H25NOS/c1-6-14-9-7-8-12-10(2,3)11(4,5)13/h12-13H,6-9H2,1-5H3. The zero-order chi connectivity index (χ0) is 11.2. The topological polar surface area (TPSA) is 32.3 Å². The maximum Gasteiger partial charge on any atom is 0.0767 e. The van der Waals surface area contributed by atoms with E-state index in [0.29, 0.717) is 0 Å². The number of aliphatic hydroxyl groups is 1. The lowest BCUT2D eigenvalue weighted by Gasteiger charge is -2.38. The SMILES string of the molecule is CCSCCCNC(C)(C)C(C)(C)O. The lowest BCUT2D eigenvalue weighted by molar-refractivity contribution is -0.00416. The van der Waals surface area contributed by atoms with E-state index in [0.717, 1.165) is 13.0 Å². The van der Waals surface area contributed by atoms with Crippen LogP contribution in [0.1, 0.15) is 41.0 Å². The monoisotopic (exact) mass is 219 g/mol. The highest BCUT2D eigenvalue weighted by molar-refractivity contribution is 7.99. The lowest BCUT2D eigenvalue weighted by atomic mass is 9.86. The van der Waals surface area contributed by atoms with Crippen LogP contribution in [0.3, 0.4) is 0 Å². The van der Waals surface area contributed by atoms with Gasteiger partial charge in [-0.2, -0.15) is 11.8 Å². The molecule has 0 aliphatic heterocycles. The predicted octanol–water partition coefficient (Wildman–Crippen LogP) is 2.27. The number of rotatable bonds is 7. The van der Waals surface area contributed by atoms with Crippen molar-refractivity contribution in [1.29, 1.82) is 0 Å².